The summed E-state index contributed by atoms with van der Waals surface area (Å²) >= 11 is 0. The molecule has 0 aliphatic carbocycles. The zero-order chi connectivity index (χ0) is 52.9. The van der Waals surface area contributed by atoms with Crippen LogP contribution >= 0.6 is 0 Å². The Bertz CT molecular complexity index is 1140. The van der Waals surface area contributed by atoms with Gasteiger partial charge < -0.3 is 20.3 Å². The average Bonchev–Trinajstić information content (AvgIpc) is 3.39. The number of hydrogen-bond donors (Lipinski definition) is 3. The molecule has 0 saturated heterocycles. The summed E-state index contributed by atoms with van der Waals surface area (Å²) in [5, 5.41) is 23.4. The van der Waals surface area contributed by atoms with E-state index in [0.29, 0.717) is 25.9 Å². The fourth-order valence-corrected chi connectivity index (χ4v) is 10.4. The van der Waals surface area contributed by atoms with Crippen molar-refractivity contribution < 1.29 is 24.5 Å². The standard InChI is InChI=1S/C67H129NO5/c1-3-5-7-9-11-13-15-17-19-21-28-31-35-39-43-47-51-55-59-65(70)64(63-69)68-66(71)60-56-52-48-44-40-36-32-29-26-24-22-23-25-27-30-34-38-42-46-50-54-58-62-73-67(72)61-57-53-49-45-41-37-33-20-18-16-14-12-10-8-6-4-2/h20,24,26,33,64-65,69-70H,3-19,21-23,25,27-32,34-63H2,1-2H3,(H,68,71)/b26-24-,33-20-. The van der Waals surface area contributed by atoms with Crippen LogP contribution in [0.2, 0.25) is 0 Å². The third kappa shape index (κ3) is 59.4. The van der Waals surface area contributed by atoms with E-state index in [4.69, 9.17) is 4.74 Å². The lowest BCUT2D eigenvalue weighted by molar-refractivity contribution is -0.143. The van der Waals surface area contributed by atoms with E-state index in [-0.39, 0.29) is 18.5 Å². The fourth-order valence-electron chi connectivity index (χ4n) is 10.4. The van der Waals surface area contributed by atoms with E-state index < -0.39 is 12.1 Å². The quantitative estimate of drug-likeness (QED) is 0.0320. The highest BCUT2D eigenvalue weighted by molar-refractivity contribution is 5.76. The highest BCUT2D eigenvalue weighted by Gasteiger charge is 2.20. The summed E-state index contributed by atoms with van der Waals surface area (Å²) in [6.07, 6.45) is 77.7. The lowest BCUT2D eigenvalue weighted by Crippen LogP contribution is -2.45. The van der Waals surface area contributed by atoms with Crippen LogP contribution in [-0.4, -0.2) is 47.4 Å². The maximum atomic E-state index is 12.5. The topological polar surface area (TPSA) is 95.9 Å². The minimum absolute atomic E-state index is 0.00327. The number of carbonyl (C=O) groups excluding carboxylic acids is 2. The van der Waals surface area contributed by atoms with Gasteiger partial charge in [0.2, 0.25) is 5.91 Å². The average molecular weight is 1030 g/mol. The molecule has 2 atom stereocenters. The number of allylic oxidation sites excluding steroid dienone is 4. The Kier molecular flexibility index (Phi) is 61.4. The molecule has 0 fully saturated rings. The first-order valence-electron chi connectivity index (χ1n) is 33.1. The molecule has 1 amide bonds. The Labute approximate surface area is 456 Å². The number of esters is 1. The molecular weight excluding hydrogens is 899 g/mol. The van der Waals surface area contributed by atoms with Crippen molar-refractivity contribution >= 4 is 11.9 Å². The van der Waals surface area contributed by atoms with Crippen molar-refractivity contribution in [2.24, 2.45) is 0 Å². The van der Waals surface area contributed by atoms with Gasteiger partial charge >= 0.3 is 5.97 Å². The molecule has 0 aromatic rings. The number of amides is 1. The molecule has 0 aliphatic rings. The summed E-state index contributed by atoms with van der Waals surface area (Å²) in [4.78, 5) is 24.6. The van der Waals surface area contributed by atoms with Crippen LogP contribution in [0.25, 0.3) is 0 Å². The van der Waals surface area contributed by atoms with E-state index in [2.05, 4.69) is 43.5 Å². The molecule has 0 bridgehead atoms. The highest BCUT2D eigenvalue weighted by atomic mass is 16.5. The maximum absolute atomic E-state index is 12.5. The third-order valence-corrected chi connectivity index (χ3v) is 15.5. The predicted octanol–water partition coefficient (Wildman–Crippen LogP) is 21.0. The monoisotopic (exact) mass is 1030 g/mol. The van der Waals surface area contributed by atoms with Gasteiger partial charge in [-0.05, 0) is 77.0 Å². The van der Waals surface area contributed by atoms with Gasteiger partial charge in [-0.15, -0.1) is 0 Å². The summed E-state index contributed by atoms with van der Waals surface area (Å²) in [6, 6.07) is -0.547. The highest BCUT2D eigenvalue weighted by Crippen LogP contribution is 2.18. The van der Waals surface area contributed by atoms with E-state index in [1.54, 1.807) is 0 Å². The van der Waals surface area contributed by atoms with Crippen molar-refractivity contribution in [1.82, 2.24) is 5.32 Å². The van der Waals surface area contributed by atoms with Crippen LogP contribution in [0.4, 0.5) is 0 Å². The molecular formula is C67H129NO5. The Morgan fingerprint density at radius 2 is 0.644 bits per heavy atom. The van der Waals surface area contributed by atoms with Crippen molar-refractivity contribution in [2.45, 2.75) is 379 Å². The summed E-state index contributed by atoms with van der Waals surface area (Å²) in [5.41, 5.74) is 0. The van der Waals surface area contributed by atoms with E-state index in [9.17, 15) is 19.8 Å². The van der Waals surface area contributed by atoms with Crippen LogP contribution < -0.4 is 5.32 Å². The smallest absolute Gasteiger partial charge is 0.305 e. The van der Waals surface area contributed by atoms with Crippen LogP contribution in [0.5, 0.6) is 0 Å². The Balaban J connectivity index is 3.41. The molecule has 0 aromatic heterocycles. The normalized spacial score (nSPS) is 12.7. The van der Waals surface area contributed by atoms with Crippen LogP contribution in [0, 0.1) is 0 Å². The molecule has 0 rings (SSSR count). The summed E-state index contributed by atoms with van der Waals surface area (Å²) < 4.78 is 5.49. The summed E-state index contributed by atoms with van der Waals surface area (Å²) in [6.45, 7) is 4.97. The second-order valence-corrected chi connectivity index (χ2v) is 22.8. The van der Waals surface area contributed by atoms with Gasteiger partial charge in [0.15, 0.2) is 0 Å². The number of aliphatic hydroxyl groups excluding tert-OH is 2. The van der Waals surface area contributed by atoms with Gasteiger partial charge in [-0.2, -0.15) is 0 Å². The van der Waals surface area contributed by atoms with Gasteiger partial charge in [0, 0.05) is 12.8 Å². The van der Waals surface area contributed by atoms with E-state index in [1.165, 1.54) is 289 Å². The van der Waals surface area contributed by atoms with E-state index in [1.807, 2.05) is 0 Å². The van der Waals surface area contributed by atoms with Crippen molar-refractivity contribution in [3.8, 4) is 0 Å². The molecule has 0 heterocycles. The van der Waals surface area contributed by atoms with Gasteiger partial charge in [0.05, 0.1) is 25.4 Å². The lowest BCUT2D eigenvalue weighted by Gasteiger charge is -2.22. The van der Waals surface area contributed by atoms with Gasteiger partial charge in [0.25, 0.3) is 0 Å². The lowest BCUT2D eigenvalue weighted by atomic mass is 10.0. The Hall–Kier alpha value is -1.66. The molecule has 0 aliphatic heterocycles. The Morgan fingerprint density at radius 1 is 0.370 bits per heavy atom. The first-order chi connectivity index (χ1) is 36.0. The van der Waals surface area contributed by atoms with Crippen LogP contribution in [0.1, 0.15) is 367 Å². The molecule has 0 spiro atoms. The Morgan fingerprint density at radius 3 is 0.973 bits per heavy atom. The first kappa shape index (κ1) is 71.3. The predicted molar refractivity (Wildman–Crippen MR) is 320 cm³/mol. The van der Waals surface area contributed by atoms with Gasteiger partial charge in [-0.1, -0.05) is 301 Å². The molecule has 6 nitrogen and oxygen atoms in total. The third-order valence-electron chi connectivity index (χ3n) is 15.5. The van der Waals surface area contributed by atoms with Crippen molar-refractivity contribution in [3.05, 3.63) is 24.3 Å². The number of ether oxygens (including phenoxy) is 1. The number of hydrogen-bond acceptors (Lipinski definition) is 5. The molecule has 73 heavy (non-hydrogen) atoms. The largest absolute Gasteiger partial charge is 0.466 e. The second-order valence-electron chi connectivity index (χ2n) is 22.8. The summed E-state index contributed by atoms with van der Waals surface area (Å²) in [7, 11) is 0. The maximum Gasteiger partial charge on any atom is 0.305 e. The van der Waals surface area contributed by atoms with Gasteiger partial charge in [-0.25, -0.2) is 0 Å². The fraction of sp³-hybridized carbons (Fsp3) is 0.910. The van der Waals surface area contributed by atoms with E-state index in [0.717, 1.165) is 44.9 Å². The molecule has 6 heteroatoms. The molecule has 0 aromatic carbocycles. The number of unbranched alkanes of at least 4 members (excludes halogenated alkanes) is 47. The SMILES string of the molecule is CCCCCCCCC/C=C\CCCCCCCC(=O)OCCCCCCCCCCCCC/C=C\CCCCCCCCCC(=O)NC(CO)C(O)CCCCCCCCCCCCCCCCCCCC. The molecule has 0 radical (unpaired) electrons. The van der Waals surface area contributed by atoms with Crippen LogP contribution in [0.3, 0.4) is 0 Å². The van der Waals surface area contributed by atoms with Gasteiger partial charge in [-0.3, -0.25) is 9.59 Å². The zero-order valence-corrected chi connectivity index (χ0v) is 49.4. The van der Waals surface area contributed by atoms with Crippen LogP contribution in [0.15, 0.2) is 24.3 Å². The minimum Gasteiger partial charge on any atom is -0.466 e. The van der Waals surface area contributed by atoms with Crippen LogP contribution in [-0.2, 0) is 14.3 Å². The summed E-state index contributed by atoms with van der Waals surface area (Å²) in [5.74, 6) is -0.0357. The van der Waals surface area contributed by atoms with Crippen molar-refractivity contribution in [1.29, 1.82) is 0 Å². The molecule has 2 unspecified atom stereocenters. The number of nitrogens with one attached hydrogen (secondary N) is 1. The second kappa shape index (κ2) is 62.9. The van der Waals surface area contributed by atoms with Crippen molar-refractivity contribution in [3.63, 3.8) is 0 Å². The zero-order valence-electron chi connectivity index (χ0n) is 49.4. The number of rotatable bonds is 62. The molecule has 432 valence electrons. The van der Waals surface area contributed by atoms with Crippen molar-refractivity contribution in [2.75, 3.05) is 13.2 Å². The number of aliphatic hydroxyl groups is 2. The molecule has 3 N–H and O–H groups in total. The van der Waals surface area contributed by atoms with E-state index >= 15 is 0 Å². The molecule has 0 saturated carbocycles. The minimum atomic E-state index is -0.669. The number of carbonyl (C=O) groups is 2. The van der Waals surface area contributed by atoms with Gasteiger partial charge in [0.1, 0.15) is 0 Å². The first-order valence-corrected chi connectivity index (χ1v) is 33.1.